The fraction of sp³-hybridized carbons (Fsp3) is 0.176. The molecule has 3 nitrogen and oxygen atoms in total. The largest absolute Gasteiger partial charge is 0.305 e. The van der Waals surface area contributed by atoms with Crippen LogP contribution in [0.5, 0.6) is 0 Å². The van der Waals surface area contributed by atoms with Crippen molar-refractivity contribution in [1.82, 2.24) is 4.98 Å². The summed E-state index contributed by atoms with van der Waals surface area (Å²) in [7, 11) is 0. The van der Waals surface area contributed by atoms with Crippen LogP contribution < -0.4 is 5.32 Å². The summed E-state index contributed by atoms with van der Waals surface area (Å²) in [5.74, 6) is 0. The molecule has 0 radical (unpaired) electrons. The Balaban J connectivity index is 2.31. The van der Waals surface area contributed by atoms with Gasteiger partial charge in [-0.1, -0.05) is 45.5 Å². The highest BCUT2D eigenvalue weighted by molar-refractivity contribution is 9.10. The lowest BCUT2D eigenvalue weighted by Crippen LogP contribution is -1.94. The summed E-state index contributed by atoms with van der Waals surface area (Å²) in [5.41, 5.74) is 6.90. The second-order valence-electron chi connectivity index (χ2n) is 5.26. The predicted molar refractivity (Wildman–Crippen MR) is 96.7 cm³/mol. The fourth-order valence-electron chi connectivity index (χ4n) is 2.84. The number of fused-ring (bicyclic) bond motifs is 1. The molecule has 0 aliphatic carbocycles. The molecule has 1 amide bonds. The Hall–Kier alpha value is -1.72. The molecule has 1 N–H and O–H groups in total. The molecule has 0 saturated carbocycles. The van der Waals surface area contributed by atoms with E-state index in [1.54, 1.807) is 0 Å². The molecule has 3 aromatic rings. The first-order valence-electron chi connectivity index (χ1n) is 6.89. The van der Waals surface area contributed by atoms with Crippen LogP contribution >= 0.6 is 27.3 Å². The molecule has 2 aromatic carbocycles. The van der Waals surface area contributed by atoms with Gasteiger partial charge in [-0.3, -0.25) is 4.79 Å². The number of thiazole rings is 1. The molecule has 0 saturated heterocycles. The summed E-state index contributed by atoms with van der Waals surface area (Å²) in [5, 5.41) is 3.27. The average Bonchev–Trinajstić information content (AvgIpc) is 2.89. The normalized spacial score (nSPS) is 10.9. The van der Waals surface area contributed by atoms with Crippen molar-refractivity contribution in [3.63, 3.8) is 0 Å². The van der Waals surface area contributed by atoms with Gasteiger partial charge in [-0.25, -0.2) is 4.98 Å². The lowest BCUT2D eigenvalue weighted by atomic mass is 9.93. The van der Waals surface area contributed by atoms with E-state index in [9.17, 15) is 4.79 Å². The summed E-state index contributed by atoms with van der Waals surface area (Å²) in [4.78, 5) is 15.2. The van der Waals surface area contributed by atoms with E-state index in [1.807, 2.05) is 12.1 Å². The maximum atomic E-state index is 10.6. The number of aryl methyl sites for hydroxylation is 2. The van der Waals surface area contributed by atoms with Crippen molar-refractivity contribution in [2.24, 2.45) is 0 Å². The van der Waals surface area contributed by atoms with Gasteiger partial charge in [-0.2, -0.15) is 0 Å². The lowest BCUT2D eigenvalue weighted by Gasteiger charge is -2.14. The van der Waals surface area contributed by atoms with E-state index in [2.05, 4.69) is 59.1 Å². The molecule has 1 heterocycles. The minimum absolute atomic E-state index is 0.624. The predicted octanol–water partition coefficient (Wildman–Crippen LogP) is 5.22. The quantitative estimate of drug-likeness (QED) is 0.638. The van der Waals surface area contributed by atoms with Gasteiger partial charge in [-0.05, 0) is 49.1 Å². The zero-order valence-electron chi connectivity index (χ0n) is 12.5. The Morgan fingerprint density at radius 2 is 2.00 bits per heavy atom. The number of nitrogens with zero attached hydrogens (tertiary/aromatic N) is 1. The maximum Gasteiger partial charge on any atom is 0.213 e. The molecule has 0 atom stereocenters. The highest BCUT2D eigenvalue weighted by Gasteiger charge is 2.15. The van der Waals surface area contributed by atoms with Crippen molar-refractivity contribution >= 4 is 49.0 Å². The van der Waals surface area contributed by atoms with Crippen LogP contribution in [-0.2, 0) is 4.79 Å². The monoisotopic (exact) mass is 374 g/mol. The Bertz CT molecular complexity index is 886. The molecule has 5 heteroatoms. The summed E-state index contributed by atoms with van der Waals surface area (Å²) in [6, 6.07) is 8.33. The van der Waals surface area contributed by atoms with Crippen LogP contribution in [0.15, 0.2) is 28.7 Å². The van der Waals surface area contributed by atoms with Crippen LogP contribution in [0.1, 0.15) is 16.7 Å². The molecule has 0 fully saturated rings. The third-order valence-corrected chi connectivity index (χ3v) is 5.92. The highest BCUT2D eigenvalue weighted by atomic mass is 79.9. The first kappa shape index (κ1) is 15.2. The molecule has 3 rings (SSSR count). The number of aromatic nitrogens is 1. The van der Waals surface area contributed by atoms with E-state index in [4.69, 9.17) is 0 Å². The first-order chi connectivity index (χ1) is 10.5. The topological polar surface area (TPSA) is 42.0 Å². The number of amides is 1. The summed E-state index contributed by atoms with van der Waals surface area (Å²) >= 11 is 5.16. The molecule has 0 aliphatic heterocycles. The zero-order chi connectivity index (χ0) is 15.9. The lowest BCUT2D eigenvalue weighted by molar-refractivity contribution is -0.105. The molecule has 0 bridgehead atoms. The van der Waals surface area contributed by atoms with Crippen molar-refractivity contribution in [2.75, 3.05) is 5.32 Å². The second-order valence-corrected chi connectivity index (χ2v) is 7.08. The van der Waals surface area contributed by atoms with Gasteiger partial charge in [0.05, 0.1) is 10.2 Å². The Kier molecular flexibility index (Phi) is 4.02. The third-order valence-electron chi connectivity index (χ3n) is 3.75. The van der Waals surface area contributed by atoms with Gasteiger partial charge in [0, 0.05) is 10.0 Å². The van der Waals surface area contributed by atoms with Gasteiger partial charge in [0.1, 0.15) is 0 Å². The molecule has 0 unspecified atom stereocenters. The van der Waals surface area contributed by atoms with Gasteiger partial charge in [0.25, 0.3) is 0 Å². The van der Waals surface area contributed by atoms with Crippen LogP contribution in [0.4, 0.5) is 5.13 Å². The van der Waals surface area contributed by atoms with E-state index in [0.29, 0.717) is 11.5 Å². The van der Waals surface area contributed by atoms with Gasteiger partial charge < -0.3 is 5.32 Å². The van der Waals surface area contributed by atoms with Crippen LogP contribution in [0.3, 0.4) is 0 Å². The van der Waals surface area contributed by atoms with E-state index < -0.39 is 0 Å². The number of anilines is 1. The average molecular weight is 375 g/mol. The van der Waals surface area contributed by atoms with E-state index in [0.717, 1.165) is 20.3 Å². The number of carbonyl (C=O) groups excluding carboxylic acids is 1. The number of benzene rings is 2. The van der Waals surface area contributed by atoms with E-state index in [1.165, 1.54) is 33.6 Å². The van der Waals surface area contributed by atoms with Gasteiger partial charge in [-0.15, -0.1) is 0 Å². The summed E-state index contributed by atoms with van der Waals surface area (Å²) < 4.78 is 2.20. The number of carbonyl (C=O) groups is 1. The number of nitrogens with one attached hydrogen (secondary N) is 1. The van der Waals surface area contributed by atoms with E-state index >= 15 is 0 Å². The Morgan fingerprint density at radius 3 is 2.73 bits per heavy atom. The fourth-order valence-corrected chi connectivity index (χ4v) is 4.00. The van der Waals surface area contributed by atoms with Gasteiger partial charge in [0.15, 0.2) is 5.13 Å². The number of rotatable bonds is 3. The van der Waals surface area contributed by atoms with Crippen LogP contribution in [0, 0.1) is 20.8 Å². The van der Waals surface area contributed by atoms with Gasteiger partial charge in [0.2, 0.25) is 6.41 Å². The summed E-state index contributed by atoms with van der Waals surface area (Å²) in [6.45, 7) is 6.34. The minimum atomic E-state index is 0.624. The second kappa shape index (κ2) is 5.82. The van der Waals surface area contributed by atoms with Gasteiger partial charge >= 0.3 is 0 Å². The first-order valence-corrected chi connectivity index (χ1v) is 8.50. The SMILES string of the molecule is Cc1cc(C)c(-c2cccc3sc(NC=O)nc23)c(C)c1Br. The zero-order valence-corrected chi connectivity index (χ0v) is 14.9. The standard InChI is InChI=1S/C17H15BrN2OS/c1-9-7-10(2)15(18)11(3)14(9)12-5-4-6-13-16(12)20-17(22-13)19-8-21/h4-8H,1-3H3,(H,19,20,21). The third kappa shape index (κ3) is 2.44. The number of halogens is 1. The smallest absolute Gasteiger partial charge is 0.213 e. The van der Waals surface area contributed by atoms with Crippen molar-refractivity contribution in [1.29, 1.82) is 0 Å². The minimum Gasteiger partial charge on any atom is -0.305 e. The van der Waals surface area contributed by atoms with Crippen LogP contribution in [0.25, 0.3) is 21.3 Å². The number of hydrogen-bond acceptors (Lipinski definition) is 3. The van der Waals surface area contributed by atoms with Crippen molar-refractivity contribution in [3.05, 3.63) is 45.4 Å². The highest BCUT2D eigenvalue weighted by Crippen LogP contribution is 2.39. The number of hydrogen-bond donors (Lipinski definition) is 1. The van der Waals surface area contributed by atoms with Crippen molar-refractivity contribution in [3.8, 4) is 11.1 Å². The van der Waals surface area contributed by atoms with Crippen molar-refractivity contribution in [2.45, 2.75) is 20.8 Å². The summed E-state index contributed by atoms with van der Waals surface area (Å²) in [6.07, 6.45) is 0.663. The molecular weight excluding hydrogens is 360 g/mol. The molecule has 22 heavy (non-hydrogen) atoms. The molecule has 0 aliphatic rings. The van der Waals surface area contributed by atoms with E-state index in [-0.39, 0.29) is 0 Å². The maximum absolute atomic E-state index is 10.6. The molecule has 112 valence electrons. The Morgan fingerprint density at radius 1 is 1.23 bits per heavy atom. The number of para-hydroxylation sites is 1. The molecular formula is C17H15BrN2OS. The van der Waals surface area contributed by atoms with Crippen LogP contribution in [-0.4, -0.2) is 11.4 Å². The van der Waals surface area contributed by atoms with Crippen molar-refractivity contribution < 1.29 is 4.79 Å². The Labute approximate surface area is 141 Å². The van der Waals surface area contributed by atoms with Crippen LogP contribution in [0.2, 0.25) is 0 Å². The molecule has 0 spiro atoms. The molecule has 1 aromatic heterocycles.